The number of ether oxygens (including phenoxy) is 2. The normalized spacial score (nSPS) is 18.6. The molecule has 4 rings (SSSR count). The van der Waals surface area contributed by atoms with Gasteiger partial charge in [0.1, 0.15) is 16.6 Å². The largest absolute Gasteiger partial charge is 0.463 e. The van der Waals surface area contributed by atoms with Crippen LogP contribution in [-0.2, 0) is 4.74 Å². The fourth-order valence-corrected chi connectivity index (χ4v) is 4.31. The molecule has 35 heavy (non-hydrogen) atoms. The topological polar surface area (TPSA) is 91.2 Å². The number of fused-ring (bicyclic) bond motifs is 1. The summed E-state index contributed by atoms with van der Waals surface area (Å²) in [6, 6.07) is 8.29. The number of hydrogen-bond donors (Lipinski definition) is 1. The zero-order chi connectivity index (χ0) is 25.2. The maximum absolute atomic E-state index is 13.7. The van der Waals surface area contributed by atoms with E-state index in [1.807, 2.05) is 20.8 Å². The zero-order valence-electron chi connectivity index (χ0n) is 19.8. The van der Waals surface area contributed by atoms with E-state index in [2.05, 4.69) is 20.3 Å². The molecule has 1 fully saturated rings. The molecule has 2 aromatic heterocycles. The lowest BCUT2D eigenvalue weighted by atomic mass is 9.86. The lowest BCUT2D eigenvalue weighted by molar-refractivity contribution is 0.0483. The summed E-state index contributed by atoms with van der Waals surface area (Å²) in [5, 5.41) is 2.99. The minimum Gasteiger partial charge on any atom is -0.463 e. The van der Waals surface area contributed by atoms with Crippen molar-refractivity contribution in [2.45, 2.75) is 64.5 Å². The molecule has 1 saturated carbocycles. The molecule has 11 heteroatoms. The fraction of sp³-hybridized carbons (Fsp3) is 0.500. The van der Waals surface area contributed by atoms with E-state index in [1.54, 1.807) is 24.3 Å². The number of imidazole rings is 1. The average Bonchev–Trinajstić information content (AvgIpc) is 3.17. The summed E-state index contributed by atoms with van der Waals surface area (Å²) in [6.07, 6.45) is 0.0734. The van der Waals surface area contributed by atoms with Crippen molar-refractivity contribution in [1.29, 1.82) is 0 Å². The van der Waals surface area contributed by atoms with Crippen molar-refractivity contribution in [1.82, 2.24) is 24.8 Å². The van der Waals surface area contributed by atoms with Crippen molar-refractivity contribution in [3.8, 4) is 11.8 Å². The summed E-state index contributed by atoms with van der Waals surface area (Å²) in [7, 11) is 0. The predicted molar refractivity (Wildman–Crippen MR) is 127 cm³/mol. The minimum atomic E-state index is -2.80. The van der Waals surface area contributed by atoms with Crippen LogP contribution in [0.4, 0.5) is 13.6 Å². The second kappa shape index (κ2) is 10.3. The Morgan fingerprint density at radius 1 is 1.17 bits per heavy atom. The molecule has 0 unspecified atom stereocenters. The second-order valence-electron chi connectivity index (χ2n) is 9.60. The van der Waals surface area contributed by atoms with E-state index in [-0.39, 0.29) is 28.9 Å². The molecule has 0 radical (unpaired) electrons. The summed E-state index contributed by atoms with van der Waals surface area (Å²) < 4.78 is 39.8. The van der Waals surface area contributed by atoms with Crippen LogP contribution in [0.5, 0.6) is 6.01 Å². The third-order valence-corrected chi connectivity index (χ3v) is 5.88. The van der Waals surface area contributed by atoms with E-state index < -0.39 is 23.9 Å². The molecule has 1 aromatic carbocycles. The molecular formula is C24H28ClF2N5O3. The van der Waals surface area contributed by atoms with Crippen LogP contribution < -0.4 is 10.1 Å². The first-order chi connectivity index (χ1) is 16.6. The summed E-state index contributed by atoms with van der Waals surface area (Å²) in [6.45, 7) is 5.83. The molecule has 8 nitrogen and oxygen atoms in total. The van der Waals surface area contributed by atoms with Crippen LogP contribution in [-0.4, -0.2) is 43.9 Å². The van der Waals surface area contributed by atoms with Gasteiger partial charge >= 0.3 is 12.1 Å². The number of para-hydroxylation sites is 2. The predicted octanol–water partition coefficient (Wildman–Crippen LogP) is 5.87. The number of alkyl carbamates (subject to hydrolysis) is 1. The molecule has 1 aliphatic rings. The van der Waals surface area contributed by atoms with Crippen molar-refractivity contribution >= 4 is 28.7 Å². The third-order valence-electron chi connectivity index (χ3n) is 5.69. The molecular weight excluding hydrogens is 480 g/mol. The maximum atomic E-state index is 13.7. The second-order valence-corrected chi connectivity index (χ2v) is 9.99. The highest BCUT2D eigenvalue weighted by Crippen LogP contribution is 2.29. The van der Waals surface area contributed by atoms with Crippen LogP contribution in [0.1, 0.15) is 58.7 Å². The van der Waals surface area contributed by atoms with Crippen LogP contribution >= 0.6 is 11.6 Å². The van der Waals surface area contributed by atoms with Crippen molar-refractivity contribution in [2.75, 3.05) is 6.61 Å². The molecule has 3 aromatic rings. The van der Waals surface area contributed by atoms with Crippen LogP contribution in [0.25, 0.3) is 16.9 Å². The number of carbonyl (C=O) groups is 1. The maximum Gasteiger partial charge on any atom is 0.407 e. The number of nitrogens with one attached hydrogen (secondary N) is 1. The monoisotopic (exact) mass is 507 g/mol. The number of alkyl halides is 2. The first-order valence-electron chi connectivity index (χ1n) is 11.5. The van der Waals surface area contributed by atoms with Crippen LogP contribution in [0.2, 0.25) is 5.15 Å². The molecule has 1 N–H and O–H groups in total. The van der Waals surface area contributed by atoms with Crippen molar-refractivity contribution in [2.24, 2.45) is 5.92 Å². The molecule has 1 amide bonds. The molecule has 1 aliphatic carbocycles. The molecule has 188 valence electrons. The molecule has 0 spiro atoms. The number of amides is 1. The minimum absolute atomic E-state index is 0.0134. The van der Waals surface area contributed by atoms with Gasteiger partial charge in [-0.2, -0.15) is 9.97 Å². The molecule has 0 bridgehead atoms. The highest BCUT2D eigenvalue weighted by Gasteiger charge is 2.26. The number of rotatable bonds is 6. The number of aromatic nitrogens is 4. The third kappa shape index (κ3) is 6.36. The molecule has 0 saturated heterocycles. The van der Waals surface area contributed by atoms with E-state index in [0.29, 0.717) is 17.6 Å². The number of hydrogen-bond acceptors (Lipinski definition) is 6. The molecule has 2 heterocycles. The summed E-state index contributed by atoms with van der Waals surface area (Å²) in [5.41, 5.74) is 0.375. The highest BCUT2D eigenvalue weighted by atomic mass is 35.5. The van der Waals surface area contributed by atoms with E-state index in [0.717, 1.165) is 25.7 Å². The number of halogens is 3. The van der Waals surface area contributed by atoms with E-state index in [1.165, 1.54) is 10.6 Å². The van der Waals surface area contributed by atoms with Gasteiger partial charge in [-0.05, 0) is 64.5 Å². The van der Waals surface area contributed by atoms with Crippen LogP contribution in [0.15, 0.2) is 30.3 Å². The Morgan fingerprint density at radius 2 is 1.89 bits per heavy atom. The summed E-state index contributed by atoms with van der Waals surface area (Å²) in [4.78, 5) is 24.5. The van der Waals surface area contributed by atoms with Gasteiger partial charge < -0.3 is 14.8 Å². The number of benzene rings is 1. The first kappa shape index (κ1) is 25.1. The van der Waals surface area contributed by atoms with Gasteiger partial charge in [-0.25, -0.2) is 18.6 Å². The SMILES string of the molecule is CC(C)(C)OC(=O)N[C@H]1CC[C@H](COc2nc(Cl)cc(-n3c(C(F)F)nc4ccccc43)n2)CC1. The van der Waals surface area contributed by atoms with Gasteiger partial charge in [-0.1, -0.05) is 23.7 Å². The Bertz CT molecular complexity index is 1190. The molecule has 0 aliphatic heterocycles. The lowest BCUT2D eigenvalue weighted by Gasteiger charge is -2.29. The van der Waals surface area contributed by atoms with Gasteiger partial charge in [-0.3, -0.25) is 4.57 Å². The summed E-state index contributed by atoms with van der Waals surface area (Å²) in [5.74, 6) is -0.0274. The van der Waals surface area contributed by atoms with Gasteiger partial charge in [0.05, 0.1) is 17.6 Å². The van der Waals surface area contributed by atoms with Crippen LogP contribution in [0.3, 0.4) is 0 Å². The van der Waals surface area contributed by atoms with Crippen molar-refractivity contribution < 1.29 is 23.0 Å². The Kier molecular flexibility index (Phi) is 7.39. The Morgan fingerprint density at radius 3 is 2.57 bits per heavy atom. The van der Waals surface area contributed by atoms with E-state index in [4.69, 9.17) is 21.1 Å². The Hall–Kier alpha value is -3.01. The number of nitrogens with zero attached hydrogens (tertiary/aromatic N) is 4. The highest BCUT2D eigenvalue weighted by molar-refractivity contribution is 6.29. The van der Waals surface area contributed by atoms with Gasteiger partial charge in [-0.15, -0.1) is 0 Å². The van der Waals surface area contributed by atoms with Gasteiger partial charge in [0.25, 0.3) is 6.43 Å². The zero-order valence-corrected chi connectivity index (χ0v) is 20.6. The van der Waals surface area contributed by atoms with E-state index >= 15 is 0 Å². The first-order valence-corrected chi connectivity index (χ1v) is 11.9. The Labute approximate surface area is 207 Å². The lowest BCUT2D eigenvalue weighted by Crippen LogP contribution is -2.41. The van der Waals surface area contributed by atoms with Gasteiger partial charge in [0, 0.05) is 12.1 Å². The van der Waals surface area contributed by atoms with Crippen molar-refractivity contribution in [3.05, 3.63) is 41.3 Å². The smallest absolute Gasteiger partial charge is 0.407 e. The van der Waals surface area contributed by atoms with Gasteiger partial charge in [0.2, 0.25) is 0 Å². The molecule has 0 atom stereocenters. The Balaban J connectivity index is 1.41. The van der Waals surface area contributed by atoms with Gasteiger partial charge in [0.15, 0.2) is 5.82 Å². The van der Waals surface area contributed by atoms with Crippen LogP contribution in [0, 0.1) is 5.92 Å². The average molecular weight is 508 g/mol. The number of carbonyl (C=O) groups excluding carboxylic acids is 1. The quantitative estimate of drug-likeness (QED) is 0.420. The summed E-state index contributed by atoms with van der Waals surface area (Å²) >= 11 is 6.18. The fourth-order valence-electron chi connectivity index (χ4n) is 4.14. The van der Waals surface area contributed by atoms with Crippen molar-refractivity contribution in [3.63, 3.8) is 0 Å². The standard InChI is InChI=1S/C24H28ClF2N5O3/c1-24(2,3)35-23(33)28-15-10-8-14(9-11-15)13-34-22-30-18(25)12-19(31-22)32-17-7-5-4-6-16(17)29-21(32)20(26)27/h4-7,12,14-15,20H,8-11,13H2,1-3H3,(H,28,33)/t14-,15-. The van der Waals surface area contributed by atoms with E-state index in [9.17, 15) is 13.6 Å².